The van der Waals surface area contributed by atoms with Crippen LogP contribution in [0.25, 0.3) is 11.2 Å². The maximum absolute atomic E-state index is 12.9. The highest BCUT2D eigenvalue weighted by Gasteiger charge is 2.58. The van der Waals surface area contributed by atoms with E-state index in [0.29, 0.717) is 0 Å². The fourth-order valence-electron chi connectivity index (χ4n) is 5.28. The number of rotatable bonds is 13. The lowest BCUT2D eigenvalue weighted by Crippen LogP contribution is -2.50. The van der Waals surface area contributed by atoms with Gasteiger partial charge in [-0.25, -0.2) is 4.98 Å². The molecule has 2 aromatic carbocycles. The van der Waals surface area contributed by atoms with Gasteiger partial charge in [0.1, 0.15) is 11.7 Å². The number of benzene rings is 2. The zero-order chi connectivity index (χ0) is 32.0. The highest BCUT2D eigenvalue weighted by Crippen LogP contribution is 2.44. The van der Waals surface area contributed by atoms with Crippen LogP contribution in [0.3, 0.4) is 0 Å². The Morgan fingerprint density at radius 3 is 2.38 bits per heavy atom. The summed E-state index contributed by atoms with van der Waals surface area (Å²) in [4.78, 5) is 49.1. The van der Waals surface area contributed by atoms with Gasteiger partial charge in [0.2, 0.25) is 11.9 Å². The summed E-state index contributed by atoms with van der Waals surface area (Å²) in [5.74, 6) is -1.36. The third-order valence-electron chi connectivity index (χ3n) is 7.49. The summed E-state index contributed by atoms with van der Waals surface area (Å²) in [6, 6.07) is 19.1. The minimum Gasteiger partial charge on any atom is -0.455 e. The molecule has 238 valence electrons. The normalized spacial score (nSPS) is 21.3. The number of aromatic amines is 1. The average Bonchev–Trinajstić information content (AvgIpc) is 3.56. The quantitative estimate of drug-likeness (QED) is 0.189. The summed E-state index contributed by atoms with van der Waals surface area (Å²) < 4.78 is 26.6. The van der Waals surface area contributed by atoms with Crippen molar-refractivity contribution < 1.29 is 33.6 Å². The molecule has 0 spiro atoms. The average molecular weight is 620 g/mol. The molecule has 3 heterocycles. The third-order valence-corrected chi connectivity index (χ3v) is 7.49. The van der Waals surface area contributed by atoms with E-state index in [1.54, 1.807) is 13.8 Å². The molecular formula is C32H37N5O8. The second-order valence-electron chi connectivity index (χ2n) is 11.2. The Bertz CT molecular complexity index is 1660. The van der Waals surface area contributed by atoms with Crippen molar-refractivity contribution in [2.45, 2.75) is 64.4 Å². The maximum Gasteiger partial charge on any atom is 0.303 e. The van der Waals surface area contributed by atoms with Crippen LogP contribution in [0.1, 0.15) is 44.5 Å². The largest absolute Gasteiger partial charge is 0.455 e. The van der Waals surface area contributed by atoms with Gasteiger partial charge in [0.25, 0.3) is 5.56 Å². The summed E-state index contributed by atoms with van der Waals surface area (Å²) in [6.07, 6.45) is -1.64. The van der Waals surface area contributed by atoms with Gasteiger partial charge in [-0.1, -0.05) is 74.5 Å². The topological polar surface area (TPSA) is 167 Å². The Labute approximate surface area is 259 Å². The van der Waals surface area contributed by atoms with Gasteiger partial charge in [0, 0.05) is 25.9 Å². The highest BCUT2D eigenvalue weighted by atomic mass is 16.6. The molecule has 0 aliphatic carbocycles. The van der Waals surface area contributed by atoms with Crippen LogP contribution in [0.4, 0.5) is 5.95 Å². The smallest absolute Gasteiger partial charge is 0.303 e. The number of imidazole rings is 1. The fourth-order valence-corrected chi connectivity index (χ4v) is 5.28. The zero-order valence-corrected chi connectivity index (χ0v) is 25.3. The molecule has 0 bridgehead atoms. The minimum absolute atomic E-state index is 0.00976. The molecule has 3 N–H and O–H groups in total. The number of carbonyl (C=O) groups is 2. The molecule has 1 aliphatic rings. The first-order valence-electron chi connectivity index (χ1n) is 14.7. The predicted octanol–water partition coefficient (Wildman–Crippen LogP) is 3.10. The van der Waals surface area contributed by atoms with Crippen molar-refractivity contribution in [3.8, 4) is 0 Å². The van der Waals surface area contributed by atoms with E-state index >= 15 is 0 Å². The molecule has 1 aliphatic heterocycles. The van der Waals surface area contributed by atoms with Gasteiger partial charge in [-0.05, 0) is 11.1 Å². The van der Waals surface area contributed by atoms with E-state index in [9.17, 15) is 19.5 Å². The Hall–Kier alpha value is -4.43. The fraction of sp³-hybridized carbons (Fsp3) is 0.406. The lowest BCUT2D eigenvalue weighted by atomic mass is 9.92. The first-order valence-corrected chi connectivity index (χ1v) is 14.7. The number of hydrogen-bond donors (Lipinski definition) is 3. The van der Waals surface area contributed by atoms with Crippen LogP contribution in [0.15, 0.2) is 71.8 Å². The predicted molar refractivity (Wildman–Crippen MR) is 163 cm³/mol. The van der Waals surface area contributed by atoms with Gasteiger partial charge in [-0.15, -0.1) is 0 Å². The molecule has 5 rings (SSSR count). The molecule has 4 atom stereocenters. The Kier molecular flexibility index (Phi) is 10.0. The first kappa shape index (κ1) is 32.0. The van der Waals surface area contributed by atoms with E-state index in [1.165, 1.54) is 17.8 Å². The molecular weight excluding hydrogens is 582 g/mol. The molecule has 13 heteroatoms. The van der Waals surface area contributed by atoms with Gasteiger partial charge in [0.05, 0.1) is 26.1 Å². The molecule has 0 unspecified atom stereocenters. The lowest BCUT2D eigenvalue weighted by Gasteiger charge is -2.34. The van der Waals surface area contributed by atoms with Crippen molar-refractivity contribution >= 4 is 29.0 Å². The standard InChI is InChI=1S/C32H37N5O8/c1-20(2)28(40)35-31-34-27-24(29(41)36-31)33-19-37(27)30-25(44-21(3)39)26(43-17-23-12-8-5-9-13-23)32(45-30,14-15-38)18-42-16-22-10-6-4-7-11-22/h4-13,19-20,25-26,30,38H,14-18H2,1-3H3,(H2,34,35,36,40,41)/t25-,26+,30-,32-/m1/s1. The van der Waals surface area contributed by atoms with Crippen LogP contribution in [0.5, 0.6) is 0 Å². The third kappa shape index (κ3) is 7.28. The maximum atomic E-state index is 12.9. The Morgan fingerprint density at radius 2 is 1.76 bits per heavy atom. The van der Waals surface area contributed by atoms with Crippen molar-refractivity contribution in [2.75, 3.05) is 18.5 Å². The molecule has 1 fully saturated rings. The van der Waals surface area contributed by atoms with Crippen LogP contribution < -0.4 is 10.9 Å². The highest BCUT2D eigenvalue weighted by molar-refractivity contribution is 5.91. The van der Waals surface area contributed by atoms with E-state index in [1.807, 2.05) is 60.7 Å². The lowest BCUT2D eigenvalue weighted by molar-refractivity contribution is -0.165. The molecule has 45 heavy (non-hydrogen) atoms. The monoisotopic (exact) mass is 619 g/mol. The number of anilines is 1. The molecule has 4 aromatic rings. The number of ether oxygens (including phenoxy) is 4. The summed E-state index contributed by atoms with van der Waals surface area (Å²) in [5.41, 5.74) is 0.0120. The Balaban J connectivity index is 1.56. The van der Waals surface area contributed by atoms with Crippen molar-refractivity contribution in [2.24, 2.45) is 5.92 Å². The van der Waals surface area contributed by atoms with E-state index in [-0.39, 0.29) is 61.8 Å². The minimum atomic E-state index is -1.30. The summed E-state index contributed by atoms with van der Waals surface area (Å²) in [5, 5.41) is 12.9. The molecule has 1 amide bonds. The number of aromatic nitrogens is 4. The molecule has 1 saturated heterocycles. The van der Waals surface area contributed by atoms with Gasteiger partial charge in [-0.2, -0.15) is 4.98 Å². The number of nitrogens with zero attached hydrogens (tertiary/aromatic N) is 3. The summed E-state index contributed by atoms with van der Waals surface area (Å²) in [6.45, 7) is 4.80. The summed E-state index contributed by atoms with van der Waals surface area (Å²) >= 11 is 0. The van der Waals surface area contributed by atoms with E-state index < -0.39 is 35.6 Å². The van der Waals surface area contributed by atoms with Gasteiger partial charge >= 0.3 is 5.97 Å². The number of aliphatic hydroxyl groups excluding tert-OH is 1. The van der Waals surface area contributed by atoms with Crippen molar-refractivity contribution in [1.29, 1.82) is 0 Å². The van der Waals surface area contributed by atoms with Crippen molar-refractivity contribution in [3.05, 3.63) is 88.5 Å². The zero-order valence-electron chi connectivity index (χ0n) is 25.3. The van der Waals surface area contributed by atoms with Crippen LogP contribution in [-0.2, 0) is 41.8 Å². The number of nitrogens with one attached hydrogen (secondary N) is 2. The molecule has 2 aromatic heterocycles. The van der Waals surface area contributed by atoms with Crippen molar-refractivity contribution in [1.82, 2.24) is 19.5 Å². The molecule has 13 nitrogen and oxygen atoms in total. The Morgan fingerprint density at radius 1 is 1.09 bits per heavy atom. The second kappa shape index (κ2) is 14.1. The van der Waals surface area contributed by atoms with Crippen LogP contribution in [0, 0.1) is 5.92 Å². The van der Waals surface area contributed by atoms with Gasteiger partial charge in [-0.3, -0.25) is 29.3 Å². The number of fused-ring (bicyclic) bond motifs is 1. The first-order chi connectivity index (χ1) is 21.7. The van der Waals surface area contributed by atoms with Crippen LogP contribution in [-0.4, -0.2) is 67.5 Å². The van der Waals surface area contributed by atoms with E-state index in [2.05, 4.69) is 20.3 Å². The summed E-state index contributed by atoms with van der Waals surface area (Å²) in [7, 11) is 0. The number of esters is 1. The van der Waals surface area contributed by atoms with Gasteiger partial charge < -0.3 is 24.1 Å². The van der Waals surface area contributed by atoms with E-state index in [0.717, 1.165) is 11.1 Å². The van der Waals surface area contributed by atoms with Crippen LogP contribution >= 0.6 is 0 Å². The van der Waals surface area contributed by atoms with Crippen LogP contribution in [0.2, 0.25) is 0 Å². The number of hydrogen-bond acceptors (Lipinski definition) is 10. The van der Waals surface area contributed by atoms with E-state index in [4.69, 9.17) is 18.9 Å². The SMILES string of the molecule is CC(=O)O[C@H]1[C@H](n2cnc3c(=O)[nH]c(NC(=O)C(C)C)nc32)O[C@](CCO)(COCc2ccccc2)[C@H]1OCc1ccccc1. The number of H-pyrrole nitrogens is 1. The van der Waals surface area contributed by atoms with Crippen molar-refractivity contribution in [3.63, 3.8) is 0 Å². The second-order valence-corrected chi connectivity index (χ2v) is 11.2. The number of aliphatic hydroxyl groups is 1. The number of amides is 1. The number of carbonyl (C=O) groups excluding carboxylic acids is 2. The van der Waals surface area contributed by atoms with Gasteiger partial charge in [0.15, 0.2) is 23.5 Å². The molecule has 0 saturated carbocycles. The molecule has 0 radical (unpaired) electrons.